The first kappa shape index (κ1) is 15.6. The van der Waals surface area contributed by atoms with Crippen LogP contribution in [0.5, 0.6) is 11.5 Å². The molecule has 1 atom stereocenters. The molecule has 1 aromatic rings. The van der Waals surface area contributed by atoms with Gasteiger partial charge in [-0.2, -0.15) is 0 Å². The zero-order valence-corrected chi connectivity index (χ0v) is 13.5. The smallest absolute Gasteiger partial charge is 0.161 e. The molecule has 2 heterocycles. The van der Waals surface area contributed by atoms with Crippen LogP contribution in [-0.4, -0.2) is 42.9 Å². The summed E-state index contributed by atoms with van der Waals surface area (Å²) in [5.41, 5.74) is 0.926. The first-order valence-electron chi connectivity index (χ1n) is 8.52. The Balaban J connectivity index is 1.55. The molecule has 1 unspecified atom stereocenters. The van der Waals surface area contributed by atoms with Crippen molar-refractivity contribution in [3.63, 3.8) is 0 Å². The quantitative estimate of drug-likeness (QED) is 0.928. The van der Waals surface area contributed by atoms with E-state index in [1.54, 1.807) is 0 Å². The molecule has 0 amide bonds. The number of rotatable bonds is 4. The minimum absolute atomic E-state index is 0.434. The molecule has 0 spiro atoms. The van der Waals surface area contributed by atoms with Gasteiger partial charge in [0.15, 0.2) is 11.5 Å². The van der Waals surface area contributed by atoms with E-state index < -0.39 is 6.10 Å². The van der Waals surface area contributed by atoms with Gasteiger partial charge in [0.1, 0.15) is 0 Å². The average Bonchev–Trinajstić information content (AvgIpc) is 2.78. The number of ether oxygens (including phenoxy) is 2. The molecular formula is C18H27NO3. The van der Waals surface area contributed by atoms with Gasteiger partial charge in [-0.15, -0.1) is 0 Å². The topological polar surface area (TPSA) is 41.9 Å². The number of nitrogens with zero attached hydrogens (tertiary/aromatic N) is 1. The molecule has 1 aromatic carbocycles. The number of piperidine rings is 1. The lowest BCUT2D eigenvalue weighted by Crippen LogP contribution is -2.34. The Kier molecular flexibility index (Phi) is 5.21. The normalized spacial score (nSPS) is 21.4. The second-order valence-electron chi connectivity index (χ2n) is 6.59. The molecule has 0 aliphatic carbocycles. The summed E-state index contributed by atoms with van der Waals surface area (Å²) in [5, 5.41) is 10.5. The van der Waals surface area contributed by atoms with Crippen LogP contribution in [0.15, 0.2) is 18.2 Å². The van der Waals surface area contributed by atoms with Crippen LogP contribution in [0.25, 0.3) is 0 Å². The fourth-order valence-electron chi connectivity index (χ4n) is 3.14. The minimum Gasteiger partial charge on any atom is -0.490 e. The van der Waals surface area contributed by atoms with Crippen molar-refractivity contribution in [1.29, 1.82) is 0 Å². The van der Waals surface area contributed by atoms with Gasteiger partial charge in [-0.1, -0.05) is 13.0 Å². The summed E-state index contributed by atoms with van der Waals surface area (Å²) in [6.45, 7) is 6.98. The number of aliphatic hydroxyl groups excluding tert-OH is 1. The Morgan fingerprint density at radius 2 is 1.91 bits per heavy atom. The van der Waals surface area contributed by atoms with E-state index in [1.165, 1.54) is 12.8 Å². The van der Waals surface area contributed by atoms with Crippen molar-refractivity contribution in [3.8, 4) is 11.5 Å². The van der Waals surface area contributed by atoms with Gasteiger partial charge in [-0.25, -0.2) is 0 Å². The number of fused-ring (bicyclic) bond motifs is 1. The Hall–Kier alpha value is -1.26. The fraction of sp³-hybridized carbons (Fsp3) is 0.667. The van der Waals surface area contributed by atoms with Crippen LogP contribution in [0.3, 0.4) is 0 Å². The van der Waals surface area contributed by atoms with Crippen molar-refractivity contribution in [2.75, 3.05) is 32.8 Å². The van der Waals surface area contributed by atoms with Gasteiger partial charge in [0.2, 0.25) is 0 Å². The summed E-state index contributed by atoms with van der Waals surface area (Å²) in [5.74, 6) is 2.40. The van der Waals surface area contributed by atoms with Crippen molar-refractivity contribution in [2.24, 2.45) is 5.92 Å². The predicted octanol–water partition coefficient (Wildman–Crippen LogP) is 3.00. The van der Waals surface area contributed by atoms with Crippen LogP contribution < -0.4 is 9.47 Å². The van der Waals surface area contributed by atoms with E-state index in [2.05, 4.69) is 11.8 Å². The highest BCUT2D eigenvalue weighted by Crippen LogP contribution is 2.33. The van der Waals surface area contributed by atoms with E-state index in [-0.39, 0.29) is 0 Å². The zero-order chi connectivity index (χ0) is 15.4. The summed E-state index contributed by atoms with van der Waals surface area (Å²) in [6, 6.07) is 5.81. The maximum atomic E-state index is 10.5. The molecule has 2 aliphatic heterocycles. The van der Waals surface area contributed by atoms with Crippen LogP contribution in [-0.2, 0) is 0 Å². The standard InChI is InChI=1S/C18H27NO3/c1-14-5-8-19(9-6-14)10-7-16(20)15-3-4-17-18(13-15)22-12-2-11-21-17/h3-4,13-14,16,20H,2,5-12H2,1H3. The van der Waals surface area contributed by atoms with Gasteiger partial charge in [-0.3, -0.25) is 0 Å². The third-order valence-corrected chi connectivity index (χ3v) is 4.75. The molecule has 122 valence electrons. The van der Waals surface area contributed by atoms with Crippen LogP contribution >= 0.6 is 0 Å². The van der Waals surface area contributed by atoms with Crippen molar-refractivity contribution < 1.29 is 14.6 Å². The maximum absolute atomic E-state index is 10.5. The van der Waals surface area contributed by atoms with Crippen LogP contribution in [0, 0.1) is 5.92 Å². The van der Waals surface area contributed by atoms with Crippen molar-refractivity contribution >= 4 is 0 Å². The van der Waals surface area contributed by atoms with Crippen molar-refractivity contribution in [3.05, 3.63) is 23.8 Å². The van der Waals surface area contributed by atoms with Gasteiger partial charge in [0.25, 0.3) is 0 Å². The molecule has 22 heavy (non-hydrogen) atoms. The van der Waals surface area contributed by atoms with E-state index >= 15 is 0 Å². The zero-order valence-electron chi connectivity index (χ0n) is 13.5. The average molecular weight is 305 g/mol. The monoisotopic (exact) mass is 305 g/mol. The highest BCUT2D eigenvalue weighted by atomic mass is 16.5. The largest absolute Gasteiger partial charge is 0.490 e. The summed E-state index contributed by atoms with van der Waals surface area (Å²) < 4.78 is 11.3. The molecular weight excluding hydrogens is 278 g/mol. The van der Waals surface area contributed by atoms with Crippen molar-refractivity contribution in [1.82, 2.24) is 4.90 Å². The van der Waals surface area contributed by atoms with Gasteiger partial charge < -0.3 is 19.5 Å². The molecule has 3 rings (SSSR count). The van der Waals surface area contributed by atoms with Crippen LogP contribution in [0.1, 0.15) is 44.3 Å². The molecule has 1 saturated heterocycles. The van der Waals surface area contributed by atoms with Crippen LogP contribution in [0.2, 0.25) is 0 Å². The molecule has 4 heteroatoms. The molecule has 1 N–H and O–H groups in total. The van der Waals surface area contributed by atoms with Crippen molar-refractivity contribution in [2.45, 2.75) is 38.7 Å². The van der Waals surface area contributed by atoms with Gasteiger partial charge in [0.05, 0.1) is 19.3 Å². The second-order valence-corrected chi connectivity index (χ2v) is 6.59. The molecule has 0 aromatic heterocycles. The Morgan fingerprint density at radius 1 is 1.18 bits per heavy atom. The highest BCUT2D eigenvalue weighted by molar-refractivity contribution is 5.44. The fourth-order valence-corrected chi connectivity index (χ4v) is 3.14. The van der Waals surface area contributed by atoms with E-state index in [9.17, 15) is 5.11 Å². The first-order valence-corrected chi connectivity index (χ1v) is 8.52. The number of benzene rings is 1. The predicted molar refractivity (Wildman–Crippen MR) is 86.5 cm³/mol. The first-order chi connectivity index (χ1) is 10.7. The minimum atomic E-state index is -0.434. The van der Waals surface area contributed by atoms with Gasteiger partial charge >= 0.3 is 0 Å². The van der Waals surface area contributed by atoms with E-state index in [1.807, 2.05) is 18.2 Å². The van der Waals surface area contributed by atoms with E-state index in [4.69, 9.17) is 9.47 Å². The summed E-state index contributed by atoms with van der Waals surface area (Å²) in [7, 11) is 0. The molecule has 0 radical (unpaired) electrons. The van der Waals surface area contributed by atoms with Gasteiger partial charge in [-0.05, 0) is 56.0 Å². The number of likely N-dealkylation sites (tertiary alicyclic amines) is 1. The third kappa shape index (κ3) is 3.93. The Bertz CT molecular complexity index is 483. The number of hydrogen-bond donors (Lipinski definition) is 1. The lowest BCUT2D eigenvalue weighted by molar-refractivity contribution is 0.125. The lowest BCUT2D eigenvalue weighted by atomic mass is 9.98. The summed E-state index contributed by atoms with van der Waals surface area (Å²) in [6.07, 6.45) is 3.80. The number of hydrogen-bond acceptors (Lipinski definition) is 4. The van der Waals surface area contributed by atoms with E-state index in [0.717, 1.165) is 55.5 Å². The second kappa shape index (κ2) is 7.34. The summed E-state index contributed by atoms with van der Waals surface area (Å²) in [4.78, 5) is 2.46. The van der Waals surface area contributed by atoms with Crippen LogP contribution in [0.4, 0.5) is 0 Å². The highest BCUT2D eigenvalue weighted by Gasteiger charge is 2.18. The molecule has 0 bridgehead atoms. The third-order valence-electron chi connectivity index (χ3n) is 4.75. The van der Waals surface area contributed by atoms with E-state index in [0.29, 0.717) is 13.2 Å². The Labute approximate surface area is 133 Å². The molecule has 0 saturated carbocycles. The maximum Gasteiger partial charge on any atom is 0.161 e. The van der Waals surface area contributed by atoms with Gasteiger partial charge in [0, 0.05) is 13.0 Å². The lowest BCUT2D eigenvalue weighted by Gasteiger charge is -2.30. The Morgan fingerprint density at radius 3 is 2.68 bits per heavy atom. The molecule has 1 fully saturated rings. The molecule has 4 nitrogen and oxygen atoms in total. The summed E-state index contributed by atoms with van der Waals surface area (Å²) >= 11 is 0. The number of aliphatic hydroxyl groups is 1. The molecule has 2 aliphatic rings. The SMILES string of the molecule is CC1CCN(CCC(O)c2ccc3c(c2)OCCCO3)CC1.